The first-order valence-electron chi connectivity index (χ1n) is 12.0. The van der Waals surface area contributed by atoms with Crippen molar-refractivity contribution in [2.75, 3.05) is 11.2 Å². The third-order valence-corrected chi connectivity index (χ3v) is 9.80. The average Bonchev–Trinajstić information content (AvgIpc) is 3.35. The lowest BCUT2D eigenvalue weighted by molar-refractivity contribution is -0.118. The third-order valence-electron chi connectivity index (χ3n) is 6.69. The minimum absolute atomic E-state index is 0.0438. The van der Waals surface area contributed by atoms with E-state index in [1.165, 1.54) is 11.3 Å². The number of nitriles is 1. The first-order valence-corrected chi connectivity index (χ1v) is 15.4. The van der Waals surface area contributed by atoms with E-state index < -0.39 is 5.92 Å². The number of ketones is 1. The maximum Gasteiger partial charge on any atom is 0.219 e. The van der Waals surface area contributed by atoms with Gasteiger partial charge in [-0.05, 0) is 53.5 Å². The second kappa shape index (κ2) is 10.8. The molecule has 1 aliphatic heterocycles. The zero-order valence-corrected chi connectivity index (χ0v) is 24.4. The van der Waals surface area contributed by atoms with E-state index in [1.807, 2.05) is 54.8 Å². The van der Waals surface area contributed by atoms with Crippen molar-refractivity contribution in [1.29, 1.82) is 5.26 Å². The minimum Gasteiger partial charge on any atom is -0.384 e. The highest BCUT2D eigenvalue weighted by atomic mass is 35.5. The van der Waals surface area contributed by atoms with Crippen molar-refractivity contribution in [3.8, 4) is 6.07 Å². The summed E-state index contributed by atoms with van der Waals surface area (Å²) in [6, 6.07) is 18.1. The van der Waals surface area contributed by atoms with Crippen LogP contribution in [0.3, 0.4) is 0 Å². The van der Waals surface area contributed by atoms with E-state index in [2.05, 4.69) is 30.1 Å². The van der Waals surface area contributed by atoms with Gasteiger partial charge in [0, 0.05) is 33.4 Å². The van der Waals surface area contributed by atoms with Gasteiger partial charge in [-0.1, -0.05) is 72.8 Å². The lowest BCUT2D eigenvalue weighted by Crippen LogP contribution is -2.42. The van der Waals surface area contributed by atoms with E-state index in [4.69, 9.17) is 17.3 Å². The number of anilines is 1. The Kier molecular flexibility index (Phi) is 7.60. The fourth-order valence-electron chi connectivity index (χ4n) is 4.93. The van der Waals surface area contributed by atoms with E-state index >= 15 is 0 Å². The number of nitrogens with zero attached hydrogens (tertiary/aromatic N) is 4. The minimum atomic E-state index is -0.502. The second-order valence-corrected chi connectivity index (χ2v) is 13.5. The van der Waals surface area contributed by atoms with Crippen molar-refractivity contribution >= 4 is 57.4 Å². The molecule has 38 heavy (non-hydrogen) atoms. The van der Waals surface area contributed by atoms with Crippen molar-refractivity contribution in [2.45, 2.75) is 47.6 Å². The van der Waals surface area contributed by atoms with Gasteiger partial charge in [0.25, 0.3) is 0 Å². The number of carbonyl (C=O) groups excluding carboxylic acids is 1. The molecule has 1 atom stereocenters. The number of rotatable bonds is 6. The Labute approximate surface area is 240 Å². The number of benzene rings is 2. The third kappa shape index (κ3) is 5.23. The van der Waals surface area contributed by atoms with Gasteiger partial charge in [0.1, 0.15) is 5.82 Å². The van der Waals surface area contributed by atoms with Crippen LogP contribution in [0.15, 0.2) is 80.4 Å². The highest BCUT2D eigenvalue weighted by Gasteiger charge is 2.45. The molecule has 0 amide bonds. The highest BCUT2D eigenvalue weighted by Crippen LogP contribution is 2.50. The van der Waals surface area contributed by atoms with Gasteiger partial charge in [0.05, 0.1) is 17.6 Å². The molecule has 2 aliphatic rings. The van der Waals surface area contributed by atoms with Crippen molar-refractivity contribution < 1.29 is 4.79 Å². The molecule has 2 N–H and O–H groups in total. The molecule has 0 bridgehead atoms. The Morgan fingerprint density at radius 1 is 1.16 bits per heavy atom. The lowest BCUT2D eigenvalue weighted by Gasteiger charge is -2.42. The summed E-state index contributed by atoms with van der Waals surface area (Å²) < 4.78 is 0.777. The fourth-order valence-corrected chi connectivity index (χ4v) is 7.30. The topological polar surface area (TPSA) is 95.9 Å². The summed E-state index contributed by atoms with van der Waals surface area (Å²) in [4.78, 5) is 16.6. The number of carbonyl (C=O) groups is 1. The molecule has 2 aromatic carbocycles. The first-order chi connectivity index (χ1) is 18.2. The van der Waals surface area contributed by atoms with E-state index in [0.29, 0.717) is 45.7 Å². The molecule has 0 saturated heterocycles. The summed E-state index contributed by atoms with van der Waals surface area (Å²) in [7, 11) is 0. The number of allylic oxidation sites excluding steroid dienone is 3. The summed E-state index contributed by atoms with van der Waals surface area (Å²) in [5.74, 6) is 0.564. The summed E-state index contributed by atoms with van der Waals surface area (Å²) in [6.07, 6.45) is 3.07. The molecular weight excluding hydrogens is 554 g/mol. The Balaban J connectivity index is 1.55. The molecule has 0 spiro atoms. The molecule has 3 aromatic rings. The Bertz CT molecular complexity index is 1490. The average molecular weight is 580 g/mol. The SMILES string of the molecule is CSc1ccc(C2C(C#N)=C(N)N(c3nnc(SCc4ccc(Cl)cc4)s3)C3=C2C(=O)CC(C)(C)C3)cc1. The number of nitrogens with two attached hydrogens (primary N) is 1. The van der Waals surface area contributed by atoms with Gasteiger partial charge in [0.2, 0.25) is 5.13 Å². The number of Topliss-reactive ketones (excluding diaryl/α,β-unsaturated/α-hetero) is 1. The van der Waals surface area contributed by atoms with Gasteiger partial charge in [-0.15, -0.1) is 22.0 Å². The summed E-state index contributed by atoms with van der Waals surface area (Å²) in [5.41, 5.74) is 10.3. The second-order valence-electron chi connectivity index (χ2n) is 10.0. The number of hydrogen-bond donors (Lipinski definition) is 1. The Hall–Kier alpha value is -2.77. The molecule has 2 heterocycles. The van der Waals surface area contributed by atoms with Gasteiger partial charge >= 0.3 is 0 Å². The van der Waals surface area contributed by atoms with Gasteiger partial charge in [-0.3, -0.25) is 9.69 Å². The fraction of sp³-hybridized carbons (Fsp3) is 0.286. The van der Waals surface area contributed by atoms with Gasteiger partial charge in [0.15, 0.2) is 10.1 Å². The van der Waals surface area contributed by atoms with Crippen molar-refractivity contribution in [3.05, 3.63) is 87.3 Å². The smallest absolute Gasteiger partial charge is 0.219 e. The molecule has 1 aromatic heterocycles. The lowest BCUT2D eigenvalue weighted by atomic mass is 9.69. The van der Waals surface area contributed by atoms with Gasteiger partial charge < -0.3 is 5.73 Å². The van der Waals surface area contributed by atoms with E-state index in [0.717, 1.165) is 26.1 Å². The van der Waals surface area contributed by atoms with Crippen LogP contribution in [0.4, 0.5) is 5.13 Å². The zero-order chi connectivity index (χ0) is 27.0. The zero-order valence-electron chi connectivity index (χ0n) is 21.2. The number of hydrogen-bond acceptors (Lipinski definition) is 9. The molecule has 0 fully saturated rings. The molecule has 194 valence electrons. The van der Waals surface area contributed by atoms with E-state index in [9.17, 15) is 10.1 Å². The number of thioether (sulfide) groups is 2. The summed E-state index contributed by atoms with van der Waals surface area (Å²) >= 11 is 10.6. The quantitative estimate of drug-likeness (QED) is 0.308. The molecule has 6 nitrogen and oxygen atoms in total. The highest BCUT2D eigenvalue weighted by molar-refractivity contribution is 8.00. The molecular formula is C28H26ClN5OS3. The molecule has 1 unspecified atom stereocenters. The maximum atomic E-state index is 13.7. The molecule has 0 radical (unpaired) electrons. The van der Waals surface area contributed by atoms with Crippen molar-refractivity contribution in [2.24, 2.45) is 11.1 Å². The maximum absolute atomic E-state index is 13.7. The van der Waals surface area contributed by atoms with Crippen LogP contribution in [-0.2, 0) is 10.5 Å². The molecule has 0 saturated carbocycles. The largest absolute Gasteiger partial charge is 0.384 e. The van der Waals surface area contributed by atoms with Crippen LogP contribution in [0.5, 0.6) is 0 Å². The van der Waals surface area contributed by atoms with Crippen LogP contribution in [-0.4, -0.2) is 22.2 Å². The molecule has 1 aliphatic carbocycles. The standard InChI is InChI=1S/C28H26ClN5OS3/c1-28(2)12-21-24(22(35)13-28)23(17-6-10-19(36-3)11-7-17)20(14-30)25(31)34(21)26-32-33-27(38-26)37-15-16-4-8-18(29)9-5-16/h4-11,23H,12-13,15,31H2,1-3H3. The molecule has 10 heteroatoms. The van der Waals surface area contributed by atoms with Crippen LogP contribution in [0, 0.1) is 16.7 Å². The monoisotopic (exact) mass is 579 g/mol. The van der Waals surface area contributed by atoms with Gasteiger partial charge in [-0.2, -0.15) is 5.26 Å². The normalized spacial score (nSPS) is 19.0. The van der Waals surface area contributed by atoms with Crippen molar-refractivity contribution in [3.63, 3.8) is 0 Å². The van der Waals surface area contributed by atoms with Crippen LogP contribution >= 0.6 is 46.5 Å². The van der Waals surface area contributed by atoms with Crippen molar-refractivity contribution in [1.82, 2.24) is 10.2 Å². The number of aromatic nitrogens is 2. The summed E-state index contributed by atoms with van der Waals surface area (Å²) in [5, 5.41) is 20.4. The van der Waals surface area contributed by atoms with Crippen LogP contribution < -0.4 is 10.6 Å². The first kappa shape index (κ1) is 26.8. The molecule has 5 rings (SSSR count). The van der Waals surface area contributed by atoms with Crippen LogP contribution in [0.25, 0.3) is 0 Å². The van der Waals surface area contributed by atoms with Gasteiger partial charge in [-0.25, -0.2) is 0 Å². The Morgan fingerprint density at radius 3 is 2.53 bits per heavy atom. The predicted molar refractivity (Wildman–Crippen MR) is 156 cm³/mol. The predicted octanol–water partition coefficient (Wildman–Crippen LogP) is 7.15. The van der Waals surface area contributed by atoms with Crippen LogP contribution in [0.2, 0.25) is 5.02 Å². The summed E-state index contributed by atoms with van der Waals surface area (Å²) in [6.45, 7) is 4.17. The Morgan fingerprint density at radius 2 is 1.87 bits per heavy atom. The van der Waals surface area contributed by atoms with E-state index in [-0.39, 0.29) is 11.2 Å². The van der Waals surface area contributed by atoms with Crippen LogP contribution in [0.1, 0.15) is 43.7 Å². The number of halogens is 1. The van der Waals surface area contributed by atoms with E-state index in [1.54, 1.807) is 28.4 Å².